The van der Waals surface area contributed by atoms with Gasteiger partial charge >= 0.3 is 5.97 Å². The number of hydrogen-bond donors (Lipinski definition) is 1. The minimum absolute atomic E-state index is 0.0694. The summed E-state index contributed by atoms with van der Waals surface area (Å²) < 4.78 is 31.4. The summed E-state index contributed by atoms with van der Waals surface area (Å²) >= 11 is 0. The standard InChI is InChI=1S/C17H21F2NO3/c1-10-5-3-4-6-15(10)20-16(21)11(2)23-17(22)13-8-7-12(18)9-14(13)19/h7-11,15H,3-6H2,1-2H3,(H,20,21)/t10-,11-,15+/m1/s1. The number of ether oxygens (including phenoxy) is 1. The Kier molecular flexibility index (Phi) is 5.69. The van der Waals surface area contributed by atoms with E-state index in [1.807, 2.05) is 0 Å². The number of amides is 1. The normalized spacial score (nSPS) is 22.3. The number of carbonyl (C=O) groups is 2. The maximum Gasteiger partial charge on any atom is 0.341 e. The number of hydrogen-bond acceptors (Lipinski definition) is 3. The summed E-state index contributed by atoms with van der Waals surface area (Å²) in [5.74, 6) is -2.80. The van der Waals surface area contributed by atoms with Crippen molar-refractivity contribution >= 4 is 11.9 Å². The summed E-state index contributed by atoms with van der Waals surface area (Å²) in [4.78, 5) is 24.0. The van der Waals surface area contributed by atoms with Crippen LogP contribution in [0.15, 0.2) is 18.2 Å². The molecule has 0 heterocycles. The molecule has 1 aliphatic carbocycles. The number of halogens is 2. The predicted molar refractivity (Wildman–Crippen MR) is 80.8 cm³/mol. The lowest BCUT2D eigenvalue weighted by Crippen LogP contribution is -2.46. The second kappa shape index (κ2) is 7.53. The van der Waals surface area contributed by atoms with Crippen LogP contribution in [0.1, 0.15) is 49.9 Å². The number of carbonyl (C=O) groups excluding carboxylic acids is 2. The first-order valence-corrected chi connectivity index (χ1v) is 7.85. The van der Waals surface area contributed by atoms with Gasteiger partial charge in [0.25, 0.3) is 5.91 Å². The van der Waals surface area contributed by atoms with E-state index in [1.165, 1.54) is 6.92 Å². The lowest BCUT2D eigenvalue weighted by molar-refractivity contribution is -0.130. The number of benzene rings is 1. The fourth-order valence-electron chi connectivity index (χ4n) is 2.76. The van der Waals surface area contributed by atoms with Crippen LogP contribution in [0.3, 0.4) is 0 Å². The maximum atomic E-state index is 13.5. The van der Waals surface area contributed by atoms with Gasteiger partial charge in [-0.2, -0.15) is 0 Å². The fourth-order valence-corrected chi connectivity index (χ4v) is 2.76. The molecule has 3 atom stereocenters. The highest BCUT2D eigenvalue weighted by Crippen LogP contribution is 2.23. The summed E-state index contributed by atoms with van der Waals surface area (Å²) in [7, 11) is 0. The van der Waals surface area contributed by atoms with Gasteiger partial charge in [0.1, 0.15) is 11.6 Å². The van der Waals surface area contributed by atoms with Crippen molar-refractivity contribution in [1.82, 2.24) is 5.32 Å². The molecule has 0 saturated heterocycles. The van der Waals surface area contributed by atoms with Gasteiger partial charge in [0, 0.05) is 12.1 Å². The largest absolute Gasteiger partial charge is 0.449 e. The molecule has 1 aromatic rings. The van der Waals surface area contributed by atoms with E-state index in [2.05, 4.69) is 12.2 Å². The van der Waals surface area contributed by atoms with Crippen molar-refractivity contribution in [2.45, 2.75) is 51.7 Å². The van der Waals surface area contributed by atoms with Gasteiger partial charge in [-0.1, -0.05) is 19.8 Å². The van der Waals surface area contributed by atoms with Crippen molar-refractivity contribution in [3.63, 3.8) is 0 Å². The second-order valence-corrected chi connectivity index (χ2v) is 6.05. The van der Waals surface area contributed by atoms with E-state index in [0.717, 1.165) is 37.8 Å². The molecule has 0 radical (unpaired) electrons. The molecule has 1 fully saturated rings. The molecule has 1 amide bonds. The first-order valence-electron chi connectivity index (χ1n) is 7.85. The molecule has 0 bridgehead atoms. The molecule has 0 aliphatic heterocycles. The molecule has 1 aromatic carbocycles. The Morgan fingerprint density at radius 3 is 2.61 bits per heavy atom. The first-order chi connectivity index (χ1) is 10.9. The van der Waals surface area contributed by atoms with Crippen LogP contribution in [0.25, 0.3) is 0 Å². The Hall–Kier alpha value is -1.98. The zero-order chi connectivity index (χ0) is 17.0. The number of nitrogens with one attached hydrogen (secondary N) is 1. The molecule has 1 N–H and O–H groups in total. The van der Waals surface area contributed by atoms with Gasteiger partial charge in [0.2, 0.25) is 0 Å². The quantitative estimate of drug-likeness (QED) is 0.865. The van der Waals surface area contributed by atoms with Crippen molar-refractivity contribution in [2.24, 2.45) is 5.92 Å². The maximum absolute atomic E-state index is 13.5. The molecule has 4 nitrogen and oxygen atoms in total. The minimum Gasteiger partial charge on any atom is -0.449 e. The zero-order valence-corrected chi connectivity index (χ0v) is 13.3. The lowest BCUT2D eigenvalue weighted by Gasteiger charge is -2.30. The third-order valence-corrected chi connectivity index (χ3v) is 4.24. The van der Waals surface area contributed by atoms with Gasteiger partial charge in [-0.25, -0.2) is 13.6 Å². The van der Waals surface area contributed by atoms with E-state index < -0.39 is 35.2 Å². The third-order valence-electron chi connectivity index (χ3n) is 4.24. The monoisotopic (exact) mass is 325 g/mol. The van der Waals surface area contributed by atoms with Crippen molar-refractivity contribution in [1.29, 1.82) is 0 Å². The SMILES string of the molecule is C[C@@H]1CCCC[C@@H]1NC(=O)[C@@H](C)OC(=O)c1ccc(F)cc1F. The summed E-state index contributed by atoms with van der Waals surface area (Å²) in [6.07, 6.45) is 3.13. The van der Waals surface area contributed by atoms with E-state index in [1.54, 1.807) is 0 Å². The van der Waals surface area contributed by atoms with Crippen LogP contribution in [-0.4, -0.2) is 24.0 Å². The van der Waals surface area contributed by atoms with Gasteiger partial charge in [-0.3, -0.25) is 4.79 Å². The molecule has 126 valence electrons. The van der Waals surface area contributed by atoms with Crippen LogP contribution in [0, 0.1) is 17.6 Å². The van der Waals surface area contributed by atoms with Crippen LogP contribution in [0.2, 0.25) is 0 Å². The predicted octanol–water partition coefficient (Wildman–Crippen LogP) is 3.21. The van der Waals surface area contributed by atoms with Crippen LogP contribution < -0.4 is 5.32 Å². The molecule has 6 heteroatoms. The van der Waals surface area contributed by atoms with Crippen LogP contribution >= 0.6 is 0 Å². The molecule has 0 spiro atoms. The average Bonchev–Trinajstić information content (AvgIpc) is 2.49. The highest BCUT2D eigenvalue weighted by molar-refractivity contribution is 5.92. The van der Waals surface area contributed by atoms with Gasteiger partial charge < -0.3 is 10.1 Å². The highest BCUT2D eigenvalue weighted by atomic mass is 19.1. The Balaban J connectivity index is 1.93. The van der Waals surface area contributed by atoms with Crippen molar-refractivity contribution in [3.8, 4) is 0 Å². The van der Waals surface area contributed by atoms with Crippen molar-refractivity contribution in [2.75, 3.05) is 0 Å². The van der Waals surface area contributed by atoms with Gasteiger partial charge in [0.15, 0.2) is 6.10 Å². The molecule has 1 saturated carbocycles. The van der Waals surface area contributed by atoms with Gasteiger partial charge in [0.05, 0.1) is 5.56 Å². The van der Waals surface area contributed by atoms with Crippen LogP contribution in [0.5, 0.6) is 0 Å². The number of esters is 1. The lowest BCUT2D eigenvalue weighted by atomic mass is 9.86. The van der Waals surface area contributed by atoms with E-state index in [0.29, 0.717) is 12.0 Å². The van der Waals surface area contributed by atoms with E-state index in [-0.39, 0.29) is 6.04 Å². The molecular weight excluding hydrogens is 304 g/mol. The molecular formula is C17H21F2NO3. The molecule has 0 aromatic heterocycles. The summed E-state index contributed by atoms with van der Waals surface area (Å²) in [5.41, 5.74) is -0.392. The van der Waals surface area contributed by atoms with Gasteiger partial charge in [-0.05, 0) is 37.8 Å². The number of rotatable bonds is 4. The molecule has 2 rings (SSSR count). The molecule has 23 heavy (non-hydrogen) atoms. The zero-order valence-electron chi connectivity index (χ0n) is 13.3. The third kappa shape index (κ3) is 4.50. The van der Waals surface area contributed by atoms with E-state index in [4.69, 9.17) is 4.74 Å². The van der Waals surface area contributed by atoms with Crippen LogP contribution in [0.4, 0.5) is 8.78 Å². The molecule has 1 aliphatic rings. The Bertz CT molecular complexity index is 591. The topological polar surface area (TPSA) is 55.4 Å². The minimum atomic E-state index is -1.04. The Morgan fingerprint density at radius 1 is 1.26 bits per heavy atom. The van der Waals surface area contributed by atoms with E-state index in [9.17, 15) is 18.4 Å². The summed E-state index contributed by atoms with van der Waals surface area (Å²) in [6.45, 7) is 3.51. The van der Waals surface area contributed by atoms with Crippen molar-refractivity contribution in [3.05, 3.63) is 35.4 Å². The smallest absolute Gasteiger partial charge is 0.341 e. The second-order valence-electron chi connectivity index (χ2n) is 6.05. The summed E-state index contributed by atoms with van der Waals surface area (Å²) in [5, 5.41) is 2.88. The van der Waals surface area contributed by atoms with Gasteiger partial charge in [-0.15, -0.1) is 0 Å². The Labute approximate surface area is 134 Å². The first kappa shape index (κ1) is 17.4. The Morgan fingerprint density at radius 2 is 1.96 bits per heavy atom. The van der Waals surface area contributed by atoms with E-state index >= 15 is 0 Å². The fraction of sp³-hybridized carbons (Fsp3) is 0.529. The highest BCUT2D eigenvalue weighted by Gasteiger charge is 2.27. The summed E-state index contributed by atoms with van der Waals surface area (Å²) in [6, 6.07) is 2.64. The molecule has 0 unspecified atom stereocenters. The van der Waals surface area contributed by atoms with Crippen molar-refractivity contribution < 1.29 is 23.1 Å². The van der Waals surface area contributed by atoms with Crippen LogP contribution in [-0.2, 0) is 9.53 Å². The average molecular weight is 325 g/mol.